The fraction of sp³-hybridized carbons (Fsp3) is 0.304. The van der Waals surface area contributed by atoms with E-state index < -0.39 is 5.97 Å². The molecule has 2 heterocycles. The maximum absolute atomic E-state index is 11.5. The molecule has 4 rings (SSSR count). The van der Waals surface area contributed by atoms with Crippen LogP contribution < -0.4 is 0 Å². The summed E-state index contributed by atoms with van der Waals surface area (Å²) in [6, 6.07) is 15.0. The number of carboxylic acid groups (broad SMARTS) is 1. The van der Waals surface area contributed by atoms with Crippen LogP contribution in [-0.2, 0) is 13.0 Å². The SMILES string of the molecule is O=C(O)c1ccccc1CN1CCC[C@@H](c2ncc(Cc3cccc(Cl)c3)o2)C1. The summed E-state index contributed by atoms with van der Waals surface area (Å²) >= 11 is 6.06. The summed E-state index contributed by atoms with van der Waals surface area (Å²) < 4.78 is 6.05. The van der Waals surface area contributed by atoms with E-state index in [-0.39, 0.29) is 5.92 Å². The van der Waals surface area contributed by atoms with Crippen molar-refractivity contribution >= 4 is 17.6 Å². The molecule has 1 saturated heterocycles. The third-order valence-electron chi connectivity index (χ3n) is 5.34. The molecule has 1 aromatic heterocycles. The van der Waals surface area contributed by atoms with Gasteiger partial charge in [0.05, 0.1) is 11.8 Å². The number of oxazole rings is 1. The molecule has 1 aliphatic rings. The van der Waals surface area contributed by atoms with Crippen molar-refractivity contribution < 1.29 is 14.3 Å². The Balaban J connectivity index is 1.43. The number of carboxylic acids is 1. The fourth-order valence-corrected chi connectivity index (χ4v) is 4.16. The first-order valence-electron chi connectivity index (χ1n) is 9.81. The predicted molar refractivity (Wildman–Crippen MR) is 111 cm³/mol. The molecule has 1 atom stereocenters. The lowest BCUT2D eigenvalue weighted by Crippen LogP contribution is -2.34. The van der Waals surface area contributed by atoms with Gasteiger partial charge in [-0.25, -0.2) is 9.78 Å². The van der Waals surface area contributed by atoms with Crippen LogP contribution in [0.15, 0.2) is 59.1 Å². The number of aromatic carboxylic acids is 1. The number of hydrogen-bond donors (Lipinski definition) is 1. The largest absolute Gasteiger partial charge is 0.478 e. The first-order chi connectivity index (χ1) is 14.1. The number of halogens is 1. The number of likely N-dealkylation sites (tertiary alicyclic amines) is 1. The summed E-state index contributed by atoms with van der Waals surface area (Å²) in [7, 11) is 0. The summed E-state index contributed by atoms with van der Waals surface area (Å²) in [6.07, 6.45) is 4.52. The highest BCUT2D eigenvalue weighted by Gasteiger charge is 2.26. The minimum absolute atomic E-state index is 0.217. The highest BCUT2D eigenvalue weighted by Crippen LogP contribution is 2.28. The van der Waals surface area contributed by atoms with Crippen molar-refractivity contribution in [3.8, 4) is 0 Å². The Morgan fingerprint density at radius 1 is 1.24 bits per heavy atom. The van der Waals surface area contributed by atoms with Crippen molar-refractivity contribution in [3.05, 3.63) is 88.1 Å². The van der Waals surface area contributed by atoms with Gasteiger partial charge in [-0.3, -0.25) is 4.90 Å². The zero-order valence-corrected chi connectivity index (χ0v) is 16.8. The van der Waals surface area contributed by atoms with Gasteiger partial charge in [-0.2, -0.15) is 0 Å². The minimum atomic E-state index is -0.882. The molecule has 6 heteroatoms. The summed E-state index contributed by atoms with van der Waals surface area (Å²) in [6.45, 7) is 2.38. The Kier molecular flexibility index (Phi) is 5.97. The second-order valence-electron chi connectivity index (χ2n) is 7.51. The third-order valence-corrected chi connectivity index (χ3v) is 5.57. The molecule has 0 unspecified atom stereocenters. The molecule has 2 aromatic carbocycles. The average Bonchev–Trinajstić information content (AvgIpc) is 3.17. The Hall–Kier alpha value is -2.63. The molecule has 1 fully saturated rings. The smallest absolute Gasteiger partial charge is 0.336 e. The van der Waals surface area contributed by atoms with E-state index in [9.17, 15) is 9.90 Å². The molecule has 0 aliphatic carbocycles. The van der Waals surface area contributed by atoms with Crippen LogP contribution >= 0.6 is 11.6 Å². The standard InChI is InChI=1S/C23H23ClN2O3/c24-19-8-3-5-16(11-19)12-20-13-25-22(29-20)18-7-4-10-26(15-18)14-17-6-1-2-9-21(17)23(27)28/h1-3,5-6,8-9,11,13,18H,4,7,10,12,14-15H2,(H,27,28)/t18-/m1/s1. The van der Waals surface area contributed by atoms with E-state index in [4.69, 9.17) is 16.0 Å². The van der Waals surface area contributed by atoms with Gasteiger partial charge >= 0.3 is 5.97 Å². The maximum Gasteiger partial charge on any atom is 0.336 e. The first kappa shape index (κ1) is 19.7. The van der Waals surface area contributed by atoms with Crippen molar-refractivity contribution in [1.29, 1.82) is 0 Å². The molecule has 5 nitrogen and oxygen atoms in total. The Morgan fingerprint density at radius 2 is 2.10 bits per heavy atom. The van der Waals surface area contributed by atoms with E-state index in [2.05, 4.69) is 9.88 Å². The average molecular weight is 411 g/mol. The van der Waals surface area contributed by atoms with Gasteiger partial charge in [0.15, 0.2) is 5.89 Å². The second kappa shape index (κ2) is 8.80. The van der Waals surface area contributed by atoms with Crippen molar-refractivity contribution in [2.75, 3.05) is 13.1 Å². The van der Waals surface area contributed by atoms with Crippen LogP contribution in [0.2, 0.25) is 5.02 Å². The highest BCUT2D eigenvalue weighted by molar-refractivity contribution is 6.30. The summed E-state index contributed by atoms with van der Waals surface area (Å²) in [5.41, 5.74) is 2.31. The highest BCUT2D eigenvalue weighted by atomic mass is 35.5. The van der Waals surface area contributed by atoms with E-state index in [0.29, 0.717) is 23.6 Å². The third kappa shape index (κ3) is 4.86. The second-order valence-corrected chi connectivity index (χ2v) is 7.94. The van der Waals surface area contributed by atoms with Gasteiger partial charge in [0.25, 0.3) is 0 Å². The molecule has 0 radical (unpaired) electrons. The molecule has 150 valence electrons. The maximum atomic E-state index is 11.5. The molecule has 0 amide bonds. The zero-order chi connectivity index (χ0) is 20.2. The summed E-state index contributed by atoms with van der Waals surface area (Å²) in [4.78, 5) is 18.3. The molecule has 1 aliphatic heterocycles. The van der Waals surface area contributed by atoms with Crippen molar-refractivity contribution in [2.45, 2.75) is 31.7 Å². The molecule has 3 aromatic rings. The number of benzene rings is 2. The first-order valence-corrected chi connectivity index (χ1v) is 10.2. The van der Waals surface area contributed by atoms with E-state index >= 15 is 0 Å². The van der Waals surface area contributed by atoms with Crippen LogP contribution in [0.1, 0.15) is 51.9 Å². The van der Waals surface area contributed by atoms with Crippen LogP contribution in [0.4, 0.5) is 0 Å². The van der Waals surface area contributed by atoms with Crippen molar-refractivity contribution in [3.63, 3.8) is 0 Å². The topological polar surface area (TPSA) is 66.6 Å². The normalized spacial score (nSPS) is 17.3. The molecule has 1 N–H and O–H groups in total. The quantitative estimate of drug-likeness (QED) is 0.619. The molecule has 0 saturated carbocycles. The molecule has 0 spiro atoms. The number of hydrogen-bond acceptors (Lipinski definition) is 4. The van der Waals surface area contributed by atoms with Crippen molar-refractivity contribution in [2.24, 2.45) is 0 Å². The lowest BCUT2D eigenvalue weighted by Gasteiger charge is -2.31. The fourth-order valence-electron chi connectivity index (χ4n) is 3.95. The number of nitrogens with zero attached hydrogens (tertiary/aromatic N) is 2. The van der Waals surface area contributed by atoms with Crippen LogP contribution in [0.25, 0.3) is 0 Å². The Bertz CT molecular complexity index is 1000. The van der Waals surface area contributed by atoms with Crippen LogP contribution in [0.3, 0.4) is 0 Å². The van der Waals surface area contributed by atoms with E-state index in [1.54, 1.807) is 18.3 Å². The summed E-state index contributed by atoms with van der Waals surface area (Å²) in [5, 5.41) is 10.1. The Labute approximate surface area is 174 Å². The van der Waals surface area contributed by atoms with E-state index in [1.807, 2.05) is 36.4 Å². The molecular formula is C23H23ClN2O3. The molecule has 0 bridgehead atoms. The number of aromatic nitrogens is 1. The Morgan fingerprint density at radius 3 is 2.93 bits per heavy atom. The predicted octanol–water partition coefficient (Wildman–Crippen LogP) is 5.00. The number of rotatable bonds is 6. The van der Waals surface area contributed by atoms with E-state index in [0.717, 1.165) is 48.7 Å². The van der Waals surface area contributed by atoms with Crippen LogP contribution in [0.5, 0.6) is 0 Å². The van der Waals surface area contributed by atoms with E-state index in [1.165, 1.54) is 0 Å². The summed E-state index contributed by atoms with van der Waals surface area (Å²) in [5.74, 6) is 0.926. The molecule has 29 heavy (non-hydrogen) atoms. The van der Waals surface area contributed by atoms with Gasteiger partial charge < -0.3 is 9.52 Å². The van der Waals surface area contributed by atoms with Crippen LogP contribution in [-0.4, -0.2) is 34.0 Å². The van der Waals surface area contributed by atoms with Gasteiger partial charge in [0, 0.05) is 30.5 Å². The van der Waals surface area contributed by atoms with Gasteiger partial charge in [0.1, 0.15) is 5.76 Å². The molecular weight excluding hydrogens is 388 g/mol. The van der Waals surface area contributed by atoms with Gasteiger partial charge in [-0.15, -0.1) is 0 Å². The van der Waals surface area contributed by atoms with Gasteiger partial charge in [-0.05, 0) is 48.7 Å². The number of carbonyl (C=O) groups is 1. The minimum Gasteiger partial charge on any atom is -0.478 e. The monoisotopic (exact) mass is 410 g/mol. The van der Waals surface area contributed by atoms with Crippen molar-refractivity contribution in [1.82, 2.24) is 9.88 Å². The van der Waals surface area contributed by atoms with Gasteiger partial charge in [0.2, 0.25) is 0 Å². The lowest BCUT2D eigenvalue weighted by atomic mass is 9.97. The number of piperidine rings is 1. The zero-order valence-electron chi connectivity index (χ0n) is 16.1. The lowest BCUT2D eigenvalue weighted by molar-refractivity contribution is 0.0693. The van der Waals surface area contributed by atoms with Gasteiger partial charge in [-0.1, -0.05) is 41.9 Å². The van der Waals surface area contributed by atoms with Crippen LogP contribution in [0, 0.1) is 0 Å².